The number of esters is 1. The number of piperidine rings is 1. The van der Waals surface area contributed by atoms with Gasteiger partial charge in [0, 0.05) is 85.8 Å². The minimum Gasteiger partial charge on any atom is -0.460 e. The lowest BCUT2D eigenvalue weighted by Gasteiger charge is -2.43. The van der Waals surface area contributed by atoms with Crippen LogP contribution in [0.2, 0.25) is 0 Å². The summed E-state index contributed by atoms with van der Waals surface area (Å²) in [5, 5.41) is 23.8. The second-order valence-electron chi connectivity index (χ2n) is 23.8. The fourth-order valence-electron chi connectivity index (χ4n) is 12.0. The number of fused-ring (bicyclic) bond motifs is 3. The van der Waals surface area contributed by atoms with Crippen molar-refractivity contribution >= 4 is 29.5 Å². The summed E-state index contributed by atoms with van der Waals surface area (Å²) in [7, 11) is 7.84. The maximum absolute atomic E-state index is 14.8. The van der Waals surface area contributed by atoms with E-state index in [1.807, 2.05) is 78.0 Å². The number of carbonyl (C=O) groups excluding carboxylic acids is 5. The zero-order valence-electron chi connectivity index (χ0n) is 53.0. The molecule has 3 aliphatic heterocycles. The first-order chi connectivity index (χ1) is 40.1. The fraction of sp³-hybridized carbons (Fsp3) is 0.797. The van der Waals surface area contributed by atoms with E-state index >= 15 is 0 Å². The molecule has 1 saturated carbocycles. The van der Waals surface area contributed by atoms with Crippen LogP contribution < -0.4 is 0 Å². The van der Waals surface area contributed by atoms with Gasteiger partial charge in [0.05, 0.1) is 70.7 Å². The normalized spacial score (nSPS) is 34.7. The molecule has 2 bridgehead atoms. The van der Waals surface area contributed by atoms with Crippen LogP contribution in [0.25, 0.3) is 0 Å². The van der Waals surface area contributed by atoms with Gasteiger partial charge < -0.3 is 72.1 Å². The number of hydrogen-bond acceptors (Lipinski definition) is 18. The monoisotopic (exact) mass is 1190 g/mol. The number of amides is 2. The largest absolute Gasteiger partial charge is 0.460 e. The van der Waals surface area contributed by atoms with Gasteiger partial charge in [-0.25, -0.2) is 9.59 Å². The van der Waals surface area contributed by atoms with Gasteiger partial charge in [-0.1, -0.05) is 71.1 Å². The van der Waals surface area contributed by atoms with Gasteiger partial charge in [0.15, 0.2) is 5.78 Å². The molecule has 0 aromatic heterocycles. The van der Waals surface area contributed by atoms with Crippen molar-refractivity contribution in [3.63, 3.8) is 0 Å². The summed E-state index contributed by atoms with van der Waals surface area (Å²) in [6.07, 6.45) is 11.1. The van der Waals surface area contributed by atoms with Gasteiger partial charge in [-0.2, -0.15) is 0 Å². The second-order valence-corrected chi connectivity index (χ2v) is 23.8. The Morgan fingerprint density at radius 1 is 0.762 bits per heavy atom. The number of ether oxygens (including phenoxy) is 11. The van der Waals surface area contributed by atoms with E-state index in [2.05, 4.69) is 0 Å². The van der Waals surface area contributed by atoms with Crippen LogP contribution >= 0.6 is 0 Å². The topological polar surface area (TPSA) is 234 Å². The van der Waals surface area contributed by atoms with Crippen LogP contribution in [0.4, 0.5) is 4.79 Å². The van der Waals surface area contributed by atoms with Crippen molar-refractivity contribution in [2.24, 2.45) is 35.5 Å². The molecule has 0 radical (unpaired) electrons. The quantitative estimate of drug-likeness (QED) is 0.0483. The molecule has 2 amide bonds. The van der Waals surface area contributed by atoms with Gasteiger partial charge in [0.2, 0.25) is 5.79 Å². The van der Waals surface area contributed by atoms with Gasteiger partial charge in [0.1, 0.15) is 30.5 Å². The molecule has 20 heteroatoms. The number of nitrogens with zero attached hydrogens (tertiary/aromatic N) is 2. The minimum absolute atomic E-state index is 0.0236. The summed E-state index contributed by atoms with van der Waals surface area (Å²) in [5.74, 6) is -7.14. The maximum Gasteiger partial charge on any atom is 0.409 e. The average molecular weight is 1190 g/mol. The SMILES string of the molecule is CCOCCOCCOCCOCCN(C)C(=O)O[C@@H]1CC[C@@H](C[C@@H](C)[C@@H]2C[C@@H](OC)[C@H](C)/C=C(\C)[C@@H](O)[C@@H](OC)C(=O)[C@H](C)C[C@H](C)/C=C/C=C/C=C(\C)[C@@H](OC)C[C@@H]3CC[C@@H](C)[C@@](O)(O3)C(=O)C(=O)N3CCCC[C@H]3C(=O)O2)C[C@H]1OC. The molecule has 1 aliphatic carbocycles. The number of cyclic esters (lactones) is 1. The molecular formula is C64H106N2O18. The highest BCUT2D eigenvalue weighted by atomic mass is 16.6. The Labute approximate surface area is 501 Å². The molecule has 0 spiro atoms. The van der Waals surface area contributed by atoms with E-state index in [9.17, 15) is 34.2 Å². The molecule has 4 rings (SSSR count). The first-order valence-electron chi connectivity index (χ1n) is 30.9. The molecule has 3 heterocycles. The number of ketones is 2. The lowest BCUT2D eigenvalue weighted by atomic mass is 9.78. The fourth-order valence-corrected chi connectivity index (χ4v) is 12.0. The van der Waals surface area contributed by atoms with E-state index < -0.39 is 96.2 Å². The van der Waals surface area contributed by atoms with Gasteiger partial charge in [-0.15, -0.1) is 0 Å². The lowest BCUT2D eigenvalue weighted by Crippen LogP contribution is -2.61. The van der Waals surface area contributed by atoms with Crippen LogP contribution in [-0.2, 0) is 71.3 Å². The number of likely N-dealkylation sites (N-methyl/N-ethyl adjacent to an activating group) is 1. The zero-order valence-corrected chi connectivity index (χ0v) is 53.0. The summed E-state index contributed by atoms with van der Waals surface area (Å²) < 4.78 is 64.5. The molecule has 0 aromatic rings. The van der Waals surface area contributed by atoms with Crippen LogP contribution in [0, 0.1) is 35.5 Å². The molecular weight excluding hydrogens is 1080 g/mol. The Morgan fingerprint density at radius 2 is 1.43 bits per heavy atom. The third-order valence-corrected chi connectivity index (χ3v) is 17.4. The molecule has 3 fully saturated rings. The molecule has 0 unspecified atom stereocenters. The summed E-state index contributed by atoms with van der Waals surface area (Å²) >= 11 is 0. The number of carbonyl (C=O) groups is 5. The third-order valence-electron chi connectivity index (χ3n) is 17.4. The minimum atomic E-state index is -2.44. The van der Waals surface area contributed by atoms with E-state index in [1.54, 1.807) is 42.2 Å². The summed E-state index contributed by atoms with van der Waals surface area (Å²) in [4.78, 5) is 73.8. The molecule has 20 nitrogen and oxygen atoms in total. The molecule has 84 heavy (non-hydrogen) atoms. The zero-order chi connectivity index (χ0) is 61.9. The number of Topliss-reactive ketones (excluding diaryl/α,β-unsaturated/α-hetero) is 2. The molecule has 0 aromatic carbocycles. The van der Waals surface area contributed by atoms with Crippen LogP contribution in [0.1, 0.15) is 132 Å². The number of aliphatic hydroxyl groups is 2. The number of hydrogen-bond donors (Lipinski definition) is 2. The van der Waals surface area contributed by atoms with Crippen molar-refractivity contribution in [2.45, 2.75) is 193 Å². The van der Waals surface area contributed by atoms with Crippen molar-refractivity contribution in [1.29, 1.82) is 0 Å². The van der Waals surface area contributed by atoms with Crippen LogP contribution in [0.15, 0.2) is 47.6 Å². The smallest absolute Gasteiger partial charge is 0.409 e. The van der Waals surface area contributed by atoms with Crippen LogP contribution in [-0.4, -0.2) is 212 Å². The van der Waals surface area contributed by atoms with Gasteiger partial charge >= 0.3 is 12.1 Å². The van der Waals surface area contributed by atoms with Crippen molar-refractivity contribution < 1.29 is 86.3 Å². The van der Waals surface area contributed by atoms with E-state index in [-0.39, 0.29) is 48.8 Å². The maximum atomic E-state index is 14.8. The Morgan fingerprint density at radius 3 is 2.07 bits per heavy atom. The first kappa shape index (κ1) is 72.5. The van der Waals surface area contributed by atoms with Crippen molar-refractivity contribution in [1.82, 2.24) is 9.80 Å². The Bertz CT molecular complexity index is 2140. The van der Waals surface area contributed by atoms with Crippen molar-refractivity contribution in [3.05, 3.63) is 47.6 Å². The van der Waals surface area contributed by atoms with Crippen LogP contribution in [0.5, 0.6) is 0 Å². The predicted octanol–water partition coefficient (Wildman–Crippen LogP) is 7.79. The Balaban J connectivity index is 1.56. The predicted molar refractivity (Wildman–Crippen MR) is 317 cm³/mol. The van der Waals surface area contributed by atoms with Gasteiger partial charge in [-0.3, -0.25) is 14.4 Å². The molecule has 2 saturated heterocycles. The summed E-state index contributed by atoms with van der Waals surface area (Å²) in [6, 6.07) is -1.12. The Hall–Kier alpha value is -3.93. The lowest BCUT2D eigenvalue weighted by molar-refractivity contribution is -0.265. The molecule has 16 atom stereocenters. The molecule has 480 valence electrons. The third kappa shape index (κ3) is 22.3. The van der Waals surface area contributed by atoms with Crippen LogP contribution in [0.3, 0.4) is 0 Å². The highest BCUT2D eigenvalue weighted by molar-refractivity contribution is 6.39. The molecule has 4 aliphatic rings. The summed E-state index contributed by atoms with van der Waals surface area (Å²) in [6.45, 7) is 19.2. The van der Waals surface area contributed by atoms with Gasteiger partial charge in [-0.05, 0) is 114 Å². The van der Waals surface area contributed by atoms with Crippen molar-refractivity contribution in [2.75, 3.05) is 101 Å². The Kier molecular flexibility index (Phi) is 32.6. The molecule has 2 N–H and O–H groups in total. The second kappa shape index (κ2) is 37.7. The number of rotatable bonds is 21. The van der Waals surface area contributed by atoms with Crippen molar-refractivity contribution in [3.8, 4) is 0 Å². The standard InChI is InChI=1S/C64H106N2O18/c1-14-78-30-31-80-34-35-81-33-32-79-29-28-65(9)63(72)83-52-26-24-49(39-56(52)76-12)38-45(5)55-41-54(75-11)44(4)37-47(7)58(68)59(77-13)57(67)46(6)36-42(2)20-16-15-17-21-43(3)53(74-10)40-50-25-23-48(8)64(73,84-50)60(69)61(70)66-27-19-18-22-51(66)62(71)82-55/h15-17,20-21,37,42,44-46,48-56,58-59,68,73H,14,18-19,22-36,38-41H2,1-13H3/b17-15+,20-16+,43-21+,47-37+/t42-,44-,45-,46-,48-,49+,50+,51+,52-,53+,54-,55+,56-,58-,59+,64-/m1/s1. The highest BCUT2D eigenvalue weighted by Crippen LogP contribution is 2.39. The number of allylic oxidation sites excluding steroid dienone is 5. The van der Waals surface area contributed by atoms with E-state index in [0.717, 1.165) is 5.57 Å². The first-order valence-corrected chi connectivity index (χ1v) is 30.9. The highest BCUT2D eigenvalue weighted by Gasteiger charge is 2.53. The number of methoxy groups -OCH3 is 4. The summed E-state index contributed by atoms with van der Waals surface area (Å²) in [5.41, 5.74) is 1.39. The van der Waals surface area contributed by atoms with E-state index in [0.29, 0.717) is 129 Å². The van der Waals surface area contributed by atoms with E-state index in [1.165, 1.54) is 16.9 Å². The average Bonchev–Trinajstić information content (AvgIpc) is 3.57. The number of aliphatic hydroxyl groups excluding tert-OH is 1. The van der Waals surface area contributed by atoms with Gasteiger partial charge in [0.25, 0.3) is 11.7 Å². The van der Waals surface area contributed by atoms with E-state index in [4.69, 9.17) is 52.1 Å².